The molecule has 0 unspecified atom stereocenters. The number of benzene rings is 2. The fraction of sp³-hybridized carbons (Fsp3) is 0.458. The largest absolute Gasteiger partial charge is 0.444 e. The molecule has 32 heavy (non-hydrogen) atoms. The van der Waals surface area contributed by atoms with E-state index in [-0.39, 0.29) is 11.0 Å². The molecular formula is C24H34N2O5S. The lowest BCUT2D eigenvalue weighted by Crippen LogP contribution is -2.32. The van der Waals surface area contributed by atoms with Gasteiger partial charge in [-0.25, -0.2) is 4.79 Å². The van der Waals surface area contributed by atoms with E-state index in [1.807, 2.05) is 33.8 Å². The molecule has 1 aliphatic heterocycles. The van der Waals surface area contributed by atoms with Crippen molar-refractivity contribution in [1.29, 1.82) is 0 Å². The summed E-state index contributed by atoms with van der Waals surface area (Å²) in [6.07, 6.45) is 2.00. The molecule has 176 valence electrons. The lowest BCUT2D eigenvalue weighted by atomic mass is 9.89. The fourth-order valence-corrected chi connectivity index (χ4v) is 3.79. The van der Waals surface area contributed by atoms with Gasteiger partial charge >= 0.3 is 6.09 Å². The highest BCUT2D eigenvalue weighted by molar-refractivity contribution is 7.85. The number of rotatable bonds is 4. The van der Waals surface area contributed by atoms with Crippen molar-refractivity contribution in [2.45, 2.75) is 63.5 Å². The van der Waals surface area contributed by atoms with Gasteiger partial charge in [0, 0.05) is 6.54 Å². The minimum Gasteiger partial charge on any atom is -0.444 e. The standard InChI is InChI=1S/C17H26N2O2.C7H8O3S/c1-17(2,3)21-16(20)19-12-13-5-4-6-15(11-13)14-7-9-18-10-8-14;1-6-2-4-7(5-3-6)11(8,9)10/h4-6,11,14,18H,7-10,12H2,1-3H3,(H,19,20);2-5H,1H3,(H,8,9,10). The Bertz CT molecular complexity index is 976. The molecule has 0 spiro atoms. The number of alkyl carbamates (subject to hydrolysis) is 1. The van der Waals surface area contributed by atoms with Crippen LogP contribution in [0.25, 0.3) is 0 Å². The monoisotopic (exact) mass is 462 g/mol. The van der Waals surface area contributed by atoms with Crippen LogP contribution in [0, 0.1) is 6.92 Å². The van der Waals surface area contributed by atoms with E-state index in [1.54, 1.807) is 12.1 Å². The zero-order chi connectivity index (χ0) is 23.8. The molecule has 0 saturated carbocycles. The molecule has 1 amide bonds. The van der Waals surface area contributed by atoms with Gasteiger partial charge in [-0.15, -0.1) is 0 Å². The first-order valence-corrected chi connectivity index (χ1v) is 12.2. The third-order valence-corrected chi connectivity index (χ3v) is 5.78. The fourth-order valence-electron chi connectivity index (χ4n) is 3.31. The number of hydrogen-bond donors (Lipinski definition) is 3. The second kappa shape index (κ2) is 11.4. The first-order chi connectivity index (χ1) is 14.9. The van der Waals surface area contributed by atoms with E-state index >= 15 is 0 Å². The summed E-state index contributed by atoms with van der Waals surface area (Å²) in [6, 6.07) is 14.5. The predicted octanol–water partition coefficient (Wildman–Crippen LogP) is 4.42. The van der Waals surface area contributed by atoms with Crippen LogP contribution < -0.4 is 10.6 Å². The van der Waals surface area contributed by atoms with E-state index in [2.05, 4.69) is 28.8 Å². The van der Waals surface area contributed by atoms with Crippen molar-refractivity contribution in [3.05, 3.63) is 65.2 Å². The van der Waals surface area contributed by atoms with Gasteiger partial charge in [-0.05, 0) is 82.8 Å². The van der Waals surface area contributed by atoms with Gasteiger partial charge in [0.15, 0.2) is 0 Å². The van der Waals surface area contributed by atoms with E-state index in [0.29, 0.717) is 12.5 Å². The maximum Gasteiger partial charge on any atom is 0.407 e. The maximum absolute atomic E-state index is 11.7. The summed E-state index contributed by atoms with van der Waals surface area (Å²) in [7, 11) is -4.02. The smallest absolute Gasteiger partial charge is 0.407 e. The van der Waals surface area contributed by atoms with Gasteiger partial charge in [0.2, 0.25) is 0 Å². The number of aryl methyl sites for hydroxylation is 1. The Kier molecular flexibility index (Phi) is 9.24. The van der Waals surface area contributed by atoms with Gasteiger partial charge in [-0.1, -0.05) is 42.0 Å². The molecule has 0 aromatic heterocycles. The lowest BCUT2D eigenvalue weighted by molar-refractivity contribution is 0.0523. The molecule has 1 heterocycles. The summed E-state index contributed by atoms with van der Waals surface area (Å²) in [5.74, 6) is 0.632. The SMILES string of the molecule is CC(C)(C)OC(=O)NCc1cccc(C2CCNCC2)c1.Cc1ccc(S(=O)(=O)O)cc1. The molecule has 0 atom stereocenters. The van der Waals surface area contributed by atoms with Crippen LogP contribution in [0.4, 0.5) is 4.79 Å². The quantitative estimate of drug-likeness (QED) is 0.581. The van der Waals surface area contributed by atoms with E-state index in [0.717, 1.165) is 24.2 Å². The zero-order valence-electron chi connectivity index (χ0n) is 19.2. The van der Waals surface area contributed by atoms with Crippen LogP contribution in [0.15, 0.2) is 53.4 Å². The van der Waals surface area contributed by atoms with Gasteiger partial charge in [0.1, 0.15) is 5.60 Å². The summed E-state index contributed by atoms with van der Waals surface area (Å²) in [6.45, 7) is 10.1. The van der Waals surface area contributed by atoms with Crippen molar-refractivity contribution >= 4 is 16.2 Å². The van der Waals surface area contributed by atoms with Crippen LogP contribution in [-0.2, 0) is 21.4 Å². The Morgan fingerprint density at radius 1 is 1.12 bits per heavy atom. The molecule has 8 heteroatoms. The molecule has 2 aromatic carbocycles. The lowest BCUT2D eigenvalue weighted by Gasteiger charge is -2.23. The van der Waals surface area contributed by atoms with E-state index < -0.39 is 15.7 Å². The van der Waals surface area contributed by atoms with E-state index in [9.17, 15) is 13.2 Å². The average molecular weight is 463 g/mol. The Balaban J connectivity index is 0.000000278. The normalized spacial score (nSPS) is 14.8. The Morgan fingerprint density at radius 3 is 2.31 bits per heavy atom. The highest BCUT2D eigenvalue weighted by Crippen LogP contribution is 2.25. The van der Waals surface area contributed by atoms with Crippen molar-refractivity contribution in [2.75, 3.05) is 13.1 Å². The molecule has 0 bridgehead atoms. The van der Waals surface area contributed by atoms with Crippen molar-refractivity contribution in [2.24, 2.45) is 0 Å². The molecule has 3 rings (SSSR count). The Hall–Kier alpha value is -2.42. The highest BCUT2D eigenvalue weighted by Gasteiger charge is 2.17. The molecule has 1 saturated heterocycles. The van der Waals surface area contributed by atoms with Crippen molar-refractivity contribution in [3.63, 3.8) is 0 Å². The van der Waals surface area contributed by atoms with Gasteiger partial charge in [-0.2, -0.15) is 8.42 Å². The minimum atomic E-state index is -4.02. The highest BCUT2D eigenvalue weighted by atomic mass is 32.2. The number of ether oxygens (including phenoxy) is 1. The molecule has 1 aliphatic rings. The van der Waals surface area contributed by atoms with Crippen molar-refractivity contribution in [1.82, 2.24) is 10.6 Å². The van der Waals surface area contributed by atoms with Crippen LogP contribution in [0.5, 0.6) is 0 Å². The maximum atomic E-state index is 11.7. The first kappa shape index (κ1) is 25.8. The van der Waals surface area contributed by atoms with Crippen LogP contribution in [-0.4, -0.2) is 37.8 Å². The number of amides is 1. The molecule has 0 aliphatic carbocycles. The van der Waals surface area contributed by atoms with Crippen LogP contribution >= 0.6 is 0 Å². The number of piperidine rings is 1. The number of hydrogen-bond acceptors (Lipinski definition) is 5. The molecule has 0 radical (unpaired) electrons. The number of carbonyl (C=O) groups excluding carboxylic acids is 1. The predicted molar refractivity (Wildman–Crippen MR) is 125 cm³/mol. The summed E-state index contributed by atoms with van der Waals surface area (Å²) >= 11 is 0. The second-order valence-electron chi connectivity index (χ2n) is 8.91. The Morgan fingerprint density at radius 2 is 1.75 bits per heavy atom. The molecule has 1 fully saturated rings. The van der Waals surface area contributed by atoms with Gasteiger partial charge in [0.05, 0.1) is 4.90 Å². The van der Waals surface area contributed by atoms with Crippen molar-refractivity contribution in [3.8, 4) is 0 Å². The average Bonchev–Trinajstić information content (AvgIpc) is 2.72. The minimum absolute atomic E-state index is 0.0666. The molecular weight excluding hydrogens is 428 g/mol. The summed E-state index contributed by atoms with van der Waals surface area (Å²) in [5.41, 5.74) is 3.00. The van der Waals surface area contributed by atoms with Gasteiger partial charge < -0.3 is 15.4 Å². The summed E-state index contributed by atoms with van der Waals surface area (Å²) in [4.78, 5) is 11.6. The van der Waals surface area contributed by atoms with Crippen LogP contribution in [0.2, 0.25) is 0 Å². The number of carbonyl (C=O) groups is 1. The van der Waals surface area contributed by atoms with Gasteiger partial charge in [0.25, 0.3) is 10.1 Å². The topological polar surface area (TPSA) is 105 Å². The van der Waals surface area contributed by atoms with E-state index in [1.165, 1.54) is 30.5 Å². The third-order valence-electron chi connectivity index (χ3n) is 4.92. The van der Waals surface area contributed by atoms with Crippen LogP contribution in [0.1, 0.15) is 56.2 Å². The van der Waals surface area contributed by atoms with E-state index in [4.69, 9.17) is 9.29 Å². The molecule has 3 N–H and O–H groups in total. The van der Waals surface area contributed by atoms with Crippen molar-refractivity contribution < 1.29 is 22.5 Å². The second-order valence-corrected chi connectivity index (χ2v) is 10.3. The number of nitrogens with one attached hydrogen (secondary N) is 2. The third kappa shape index (κ3) is 9.38. The molecule has 7 nitrogen and oxygen atoms in total. The summed E-state index contributed by atoms with van der Waals surface area (Å²) < 4.78 is 34.8. The molecule has 2 aromatic rings. The van der Waals surface area contributed by atoms with Gasteiger partial charge in [-0.3, -0.25) is 4.55 Å². The summed E-state index contributed by atoms with van der Waals surface area (Å²) in [5, 5.41) is 6.20. The van der Waals surface area contributed by atoms with Crippen LogP contribution in [0.3, 0.4) is 0 Å². The Labute approximate surface area is 191 Å². The zero-order valence-corrected chi connectivity index (χ0v) is 20.0. The first-order valence-electron chi connectivity index (χ1n) is 10.7.